The van der Waals surface area contributed by atoms with E-state index in [4.69, 9.17) is 4.98 Å². The Bertz CT molecular complexity index is 589. The Morgan fingerprint density at radius 2 is 2.25 bits per heavy atom. The quantitative estimate of drug-likeness (QED) is 0.772. The third-order valence-corrected chi connectivity index (χ3v) is 6.61. The first kappa shape index (κ1) is 14.1. The molecular weight excluding hydrogens is 286 g/mol. The summed E-state index contributed by atoms with van der Waals surface area (Å²) in [5, 5.41) is 0. The molecule has 20 heavy (non-hydrogen) atoms. The minimum absolute atomic E-state index is 0.191. The predicted octanol–water partition coefficient (Wildman–Crippen LogP) is 5.07. The number of ketones is 1. The molecule has 0 bridgehead atoms. The van der Waals surface area contributed by atoms with Gasteiger partial charge < -0.3 is 0 Å². The van der Waals surface area contributed by atoms with Crippen LogP contribution in [0, 0.1) is 0 Å². The molecule has 1 heterocycles. The number of nitrogens with zero attached hydrogens (tertiary/aromatic N) is 1. The molecule has 1 unspecified atom stereocenters. The van der Waals surface area contributed by atoms with E-state index < -0.39 is 0 Å². The minimum atomic E-state index is -0.191. The molecule has 1 atom stereocenters. The van der Waals surface area contributed by atoms with E-state index in [1.807, 2.05) is 18.2 Å². The molecule has 4 heteroatoms. The zero-order valence-corrected chi connectivity index (χ0v) is 13.4. The number of thiazole rings is 1. The number of unbranched alkanes of at least 4 members (excludes halogenated alkanes) is 1. The van der Waals surface area contributed by atoms with E-state index in [0.29, 0.717) is 5.78 Å². The summed E-state index contributed by atoms with van der Waals surface area (Å²) in [7, 11) is 0. The lowest BCUT2D eigenvalue weighted by Crippen LogP contribution is -2.29. The van der Waals surface area contributed by atoms with Crippen molar-refractivity contribution in [3.05, 3.63) is 24.3 Å². The maximum atomic E-state index is 12.4. The van der Waals surface area contributed by atoms with Gasteiger partial charge in [0.2, 0.25) is 0 Å². The van der Waals surface area contributed by atoms with Crippen LogP contribution in [0.3, 0.4) is 0 Å². The summed E-state index contributed by atoms with van der Waals surface area (Å²) in [6.45, 7) is 2.19. The molecule has 0 amide bonds. The van der Waals surface area contributed by atoms with Crippen LogP contribution in [0.4, 0.5) is 0 Å². The topological polar surface area (TPSA) is 30.0 Å². The van der Waals surface area contributed by atoms with Crippen molar-refractivity contribution >= 4 is 39.1 Å². The molecule has 3 rings (SSSR count). The number of thioether (sulfide) groups is 1. The van der Waals surface area contributed by atoms with Crippen molar-refractivity contribution in [3.63, 3.8) is 0 Å². The van der Waals surface area contributed by atoms with Gasteiger partial charge >= 0.3 is 0 Å². The van der Waals surface area contributed by atoms with E-state index in [1.54, 1.807) is 23.1 Å². The molecule has 1 aromatic carbocycles. The lowest BCUT2D eigenvalue weighted by molar-refractivity contribution is -0.119. The minimum Gasteiger partial charge on any atom is -0.298 e. The van der Waals surface area contributed by atoms with Gasteiger partial charge in [0.15, 0.2) is 4.34 Å². The Labute approximate surface area is 128 Å². The van der Waals surface area contributed by atoms with Crippen LogP contribution in [-0.4, -0.2) is 15.5 Å². The zero-order valence-electron chi connectivity index (χ0n) is 11.7. The van der Waals surface area contributed by atoms with E-state index >= 15 is 0 Å². The maximum absolute atomic E-state index is 12.4. The molecule has 0 spiro atoms. The van der Waals surface area contributed by atoms with Crippen molar-refractivity contribution in [2.45, 2.75) is 54.5 Å². The Morgan fingerprint density at radius 1 is 1.40 bits per heavy atom. The van der Waals surface area contributed by atoms with Gasteiger partial charge in [-0.2, -0.15) is 0 Å². The Hall–Kier alpha value is -0.870. The average molecular weight is 305 g/mol. The molecule has 2 aromatic rings. The Kier molecular flexibility index (Phi) is 4.13. The molecule has 0 radical (unpaired) electrons. The van der Waals surface area contributed by atoms with Gasteiger partial charge in [-0.25, -0.2) is 4.98 Å². The predicted molar refractivity (Wildman–Crippen MR) is 86.6 cm³/mol. The fraction of sp³-hybridized carbons (Fsp3) is 0.500. The number of carbonyl (C=O) groups excluding carboxylic acids is 1. The molecule has 106 valence electrons. The molecule has 1 fully saturated rings. The molecule has 0 N–H and O–H groups in total. The molecule has 0 aliphatic heterocycles. The van der Waals surface area contributed by atoms with Crippen molar-refractivity contribution in [3.8, 4) is 0 Å². The molecule has 1 saturated carbocycles. The largest absolute Gasteiger partial charge is 0.298 e. The molecule has 1 aliphatic carbocycles. The van der Waals surface area contributed by atoms with E-state index in [0.717, 1.165) is 48.4 Å². The summed E-state index contributed by atoms with van der Waals surface area (Å²) in [6, 6.07) is 8.21. The second-order valence-corrected chi connectivity index (χ2v) is 8.09. The van der Waals surface area contributed by atoms with Crippen LogP contribution in [0.5, 0.6) is 0 Å². The molecular formula is C16H19NOS2. The first-order chi connectivity index (χ1) is 9.73. The van der Waals surface area contributed by atoms with Crippen LogP contribution in [0.25, 0.3) is 10.2 Å². The van der Waals surface area contributed by atoms with Gasteiger partial charge in [-0.15, -0.1) is 11.3 Å². The SMILES string of the molecule is CCCCC1(Sc2nc3ccccc3s2)CCCC1=O. The standard InChI is InChI=1S/C16H19NOS2/c1-2-3-10-16(11-6-9-14(16)18)20-15-17-12-7-4-5-8-13(12)19-15/h4-5,7-8H,2-3,6,9-11H2,1H3. The van der Waals surface area contributed by atoms with Crippen molar-refractivity contribution in [1.82, 2.24) is 4.98 Å². The van der Waals surface area contributed by atoms with Crippen molar-refractivity contribution < 1.29 is 4.79 Å². The van der Waals surface area contributed by atoms with Crippen LogP contribution in [0.1, 0.15) is 45.4 Å². The smallest absolute Gasteiger partial charge is 0.152 e. The summed E-state index contributed by atoms with van der Waals surface area (Å²) in [5.74, 6) is 0.440. The normalized spacial score (nSPS) is 22.8. The summed E-state index contributed by atoms with van der Waals surface area (Å²) in [5.41, 5.74) is 1.05. The monoisotopic (exact) mass is 305 g/mol. The van der Waals surface area contributed by atoms with E-state index in [2.05, 4.69) is 13.0 Å². The number of hydrogen-bond donors (Lipinski definition) is 0. The summed E-state index contributed by atoms with van der Waals surface area (Å²) >= 11 is 3.45. The lowest BCUT2D eigenvalue weighted by Gasteiger charge is -2.25. The zero-order chi connectivity index (χ0) is 14.0. The van der Waals surface area contributed by atoms with Gasteiger partial charge in [-0.1, -0.05) is 43.7 Å². The van der Waals surface area contributed by atoms with E-state index in [9.17, 15) is 4.79 Å². The highest BCUT2D eigenvalue weighted by molar-refractivity contribution is 8.03. The van der Waals surface area contributed by atoms with Crippen LogP contribution >= 0.6 is 23.1 Å². The number of benzene rings is 1. The van der Waals surface area contributed by atoms with E-state index in [1.165, 1.54) is 4.70 Å². The summed E-state index contributed by atoms with van der Waals surface area (Å²) in [4.78, 5) is 17.1. The first-order valence-electron chi connectivity index (χ1n) is 7.31. The second kappa shape index (κ2) is 5.86. The van der Waals surface area contributed by atoms with Crippen molar-refractivity contribution in [2.75, 3.05) is 0 Å². The Balaban J connectivity index is 1.87. The second-order valence-electron chi connectivity index (χ2n) is 5.42. The third kappa shape index (κ3) is 2.63. The fourth-order valence-corrected chi connectivity index (χ4v) is 5.65. The molecule has 1 aromatic heterocycles. The number of aromatic nitrogens is 1. The van der Waals surface area contributed by atoms with Crippen LogP contribution in [0.15, 0.2) is 28.6 Å². The number of rotatable bonds is 5. The number of fused-ring (bicyclic) bond motifs is 1. The number of para-hydroxylation sites is 1. The van der Waals surface area contributed by atoms with Crippen LogP contribution in [-0.2, 0) is 4.79 Å². The van der Waals surface area contributed by atoms with Gasteiger partial charge in [0.05, 0.1) is 15.0 Å². The van der Waals surface area contributed by atoms with Gasteiger partial charge in [0, 0.05) is 6.42 Å². The Morgan fingerprint density at radius 3 is 2.95 bits per heavy atom. The highest BCUT2D eigenvalue weighted by Crippen LogP contribution is 2.47. The van der Waals surface area contributed by atoms with Crippen molar-refractivity contribution in [2.24, 2.45) is 0 Å². The van der Waals surface area contributed by atoms with Gasteiger partial charge in [0.25, 0.3) is 0 Å². The third-order valence-electron chi connectivity index (χ3n) is 3.98. The molecule has 2 nitrogen and oxygen atoms in total. The average Bonchev–Trinajstić information content (AvgIpc) is 3.01. The van der Waals surface area contributed by atoms with Gasteiger partial charge in [0.1, 0.15) is 5.78 Å². The molecule has 0 saturated heterocycles. The first-order valence-corrected chi connectivity index (χ1v) is 8.95. The highest BCUT2D eigenvalue weighted by atomic mass is 32.2. The number of hydrogen-bond acceptors (Lipinski definition) is 4. The summed E-state index contributed by atoms with van der Waals surface area (Å²) in [6.07, 6.45) is 6.09. The van der Waals surface area contributed by atoms with Crippen LogP contribution in [0.2, 0.25) is 0 Å². The summed E-state index contributed by atoms with van der Waals surface area (Å²) < 4.78 is 2.08. The molecule has 1 aliphatic rings. The van der Waals surface area contributed by atoms with Crippen molar-refractivity contribution in [1.29, 1.82) is 0 Å². The fourth-order valence-electron chi connectivity index (χ4n) is 2.85. The lowest BCUT2D eigenvalue weighted by atomic mass is 9.99. The van der Waals surface area contributed by atoms with Crippen LogP contribution < -0.4 is 0 Å². The number of carbonyl (C=O) groups is 1. The van der Waals surface area contributed by atoms with Gasteiger partial charge in [-0.3, -0.25) is 4.79 Å². The highest BCUT2D eigenvalue weighted by Gasteiger charge is 2.42. The van der Waals surface area contributed by atoms with Gasteiger partial charge in [-0.05, 0) is 31.4 Å². The van der Waals surface area contributed by atoms with E-state index in [-0.39, 0.29) is 4.75 Å². The maximum Gasteiger partial charge on any atom is 0.152 e. The number of Topliss-reactive ketones (excluding diaryl/α,β-unsaturated/α-hetero) is 1.